The Labute approximate surface area is 185 Å². The van der Waals surface area contributed by atoms with Crippen LogP contribution in [0.5, 0.6) is 0 Å². The minimum atomic E-state index is -0.0414. The Morgan fingerprint density at radius 1 is 1.21 bits per heavy atom. The van der Waals surface area contributed by atoms with E-state index in [0.717, 1.165) is 53.9 Å². The molecule has 3 heterocycles. The van der Waals surface area contributed by atoms with E-state index in [1.165, 1.54) is 22.8 Å². The average molecular weight is 502 g/mol. The molecule has 5 nitrogen and oxygen atoms in total. The van der Waals surface area contributed by atoms with Gasteiger partial charge in [0.2, 0.25) is 0 Å². The topological polar surface area (TPSA) is 61.0 Å². The third kappa shape index (κ3) is 4.57. The zero-order valence-electron chi connectivity index (χ0n) is 16.8. The Bertz CT molecular complexity index is 1010. The highest BCUT2D eigenvalue weighted by Gasteiger charge is 2.17. The maximum atomic E-state index is 12.8. The number of carbonyl (C=O) groups is 1. The number of fused-ring (bicyclic) bond motifs is 1. The average Bonchev–Trinajstić information content (AvgIpc) is 3.12. The van der Waals surface area contributed by atoms with Crippen molar-refractivity contribution in [3.63, 3.8) is 0 Å². The molecule has 2 N–H and O–H groups in total. The molecule has 0 saturated carbocycles. The highest BCUT2D eigenvalue weighted by molar-refractivity contribution is 14.1. The van der Waals surface area contributed by atoms with Crippen molar-refractivity contribution in [2.75, 3.05) is 24.5 Å². The summed E-state index contributed by atoms with van der Waals surface area (Å²) in [4.78, 5) is 23.3. The van der Waals surface area contributed by atoms with Gasteiger partial charge in [-0.3, -0.25) is 4.79 Å². The van der Waals surface area contributed by atoms with Crippen LogP contribution in [0.1, 0.15) is 47.9 Å². The van der Waals surface area contributed by atoms with Gasteiger partial charge in [-0.25, -0.2) is 4.98 Å². The molecule has 0 atom stereocenters. The van der Waals surface area contributed by atoms with Gasteiger partial charge in [0.15, 0.2) is 0 Å². The van der Waals surface area contributed by atoms with Gasteiger partial charge in [0, 0.05) is 46.2 Å². The lowest BCUT2D eigenvalue weighted by Gasteiger charge is -2.28. The molecule has 1 aliphatic heterocycles. The van der Waals surface area contributed by atoms with Gasteiger partial charge in [-0.1, -0.05) is 13.0 Å². The monoisotopic (exact) mass is 502 g/mol. The van der Waals surface area contributed by atoms with Crippen molar-refractivity contribution < 1.29 is 4.79 Å². The number of nitrogens with one attached hydrogen (secondary N) is 2. The number of aromatic amines is 1. The number of hydrogen-bond donors (Lipinski definition) is 2. The highest BCUT2D eigenvalue weighted by atomic mass is 127. The summed E-state index contributed by atoms with van der Waals surface area (Å²) in [6, 6.07) is 12.4. The van der Waals surface area contributed by atoms with Gasteiger partial charge in [-0.05, 0) is 84.2 Å². The number of nitrogens with zero attached hydrogens (tertiary/aromatic N) is 2. The molecule has 1 fully saturated rings. The molecule has 6 heteroatoms. The number of aryl methyl sites for hydroxylation is 1. The number of rotatable bonds is 6. The third-order valence-corrected chi connectivity index (χ3v) is 6.26. The fourth-order valence-electron chi connectivity index (χ4n) is 4.08. The van der Waals surface area contributed by atoms with E-state index in [0.29, 0.717) is 12.2 Å². The fraction of sp³-hybridized carbons (Fsp3) is 0.391. The molecule has 0 radical (unpaired) electrons. The second-order valence-electron chi connectivity index (χ2n) is 7.56. The lowest BCUT2D eigenvalue weighted by atomic mass is 10.1. The van der Waals surface area contributed by atoms with Crippen LogP contribution in [0, 0.1) is 3.57 Å². The largest absolute Gasteiger partial charge is 0.357 e. The van der Waals surface area contributed by atoms with Crippen molar-refractivity contribution in [2.24, 2.45) is 0 Å². The molecule has 1 aliphatic rings. The first-order valence-corrected chi connectivity index (χ1v) is 11.5. The first-order valence-electron chi connectivity index (χ1n) is 10.4. The van der Waals surface area contributed by atoms with Gasteiger partial charge in [0.25, 0.3) is 5.91 Å². The number of carbonyl (C=O) groups excluding carboxylic acids is 1. The predicted molar refractivity (Wildman–Crippen MR) is 127 cm³/mol. The predicted octanol–water partition coefficient (Wildman–Crippen LogP) is 4.69. The molecule has 1 amide bonds. The lowest BCUT2D eigenvalue weighted by Crippen LogP contribution is -2.30. The number of anilines is 1. The van der Waals surface area contributed by atoms with Crippen LogP contribution in [0.2, 0.25) is 0 Å². The van der Waals surface area contributed by atoms with Gasteiger partial charge in [-0.2, -0.15) is 0 Å². The maximum Gasteiger partial charge on any atom is 0.268 e. The molecule has 152 valence electrons. The maximum absolute atomic E-state index is 12.8. The molecular weight excluding hydrogens is 475 g/mol. The fourth-order valence-corrected chi connectivity index (χ4v) is 4.57. The van der Waals surface area contributed by atoms with Crippen molar-refractivity contribution in [1.82, 2.24) is 15.3 Å². The molecule has 0 spiro atoms. The first kappa shape index (κ1) is 20.2. The Morgan fingerprint density at radius 2 is 2.03 bits per heavy atom. The number of aromatic nitrogens is 2. The van der Waals surface area contributed by atoms with Crippen LogP contribution in [-0.2, 0) is 12.8 Å². The second kappa shape index (κ2) is 9.15. The number of pyridine rings is 1. The number of halogens is 1. The first-order chi connectivity index (χ1) is 14.2. The summed E-state index contributed by atoms with van der Waals surface area (Å²) in [6.45, 7) is 4.85. The van der Waals surface area contributed by atoms with Crippen molar-refractivity contribution in [2.45, 2.75) is 39.0 Å². The summed E-state index contributed by atoms with van der Waals surface area (Å²) in [7, 11) is 0. The summed E-state index contributed by atoms with van der Waals surface area (Å²) in [6.07, 6.45) is 5.35. The second-order valence-corrected chi connectivity index (χ2v) is 8.81. The van der Waals surface area contributed by atoms with Crippen molar-refractivity contribution >= 4 is 45.2 Å². The molecule has 29 heavy (non-hydrogen) atoms. The smallest absolute Gasteiger partial charge is 0.268 e. The summed E-state index contributed by atoms with van der Waals surface area (Å²) in [5, 5.41) is 4.21. The number of benzene rings is 1. The number of amides is 1. The summed E-state index contributed by atoms with van der Waals surface area (Å²) >= 11 is 2.31. The van der Waals surface area contributed by atoms with Crippen LogP contribution in [0.15, 0.2) is 36.4 Å². The Hall–Kier alpha value is -2.09. The number of piperidine rings is 1. The SMILES string of the molecule is CCc1c(C(=O)NCCc2cccc(N3CCCCC3)n2)[nH]c2ccc(I)cc12. The molecule has 1 aromatic carbocycles. The molecule has 1 saturated heterocycles. The molecule has 2 aromatic heterocycles. The minimum Gasteiger partial charge on any atom is -0.357 e. The molecular formula is C23H27IN4O. The van der Waals surface area contributed by atoms with Crippen LogP contribution in [0.4, 0.5) is 5.82 Å². The Balaban J connectivity index is 1.41. The normalized spacial score (nSPS) is 14.3. The van der Waals surface area contributed by atoms with E-state index in [2.05, 4.69) is 69.0 Å². The highest BCUT2D eigenvalue weighted by Crippen LogP contribution is 2.25. The standard InChI is InChI=1S/C23H27IN4O/c1-2-18-19-15-16(24)9-10-20(19)27-22(18)23(29)25-12-11-17-7-6-8-21(26-17)28-13-4-3-5-14-28/h6-10,15,27H,2-5,11-14H2,1H3,(H,25,29). The Morgan fingerprint density at radius 3 is 2.83 bits per heavy atom. The zero-order chi connectivity index (χ0) is 20.2. The molecule has 0 aliphatic carbocycles. The number of H-pyrrole nitrogens is 1. The third-order valence-electron chi connectivity index (χ3n) is 5.59. The van der Waals surface area contributed by atoms with E-state index < -0.39 is 0 Å². The van der Waals surface area contributed by atoms with Gasteiger partial charge < -0.3 is 15.2 Å². The van der Waals surface area contributed by atoms with Crippen molar-refractivity contribution in [3.05, 3.63) is 56.9 Å². The summed E-state index contributed by atoms with van der Waals surface area (Å²) in [5.41, 5.74) is 3.80. The van der Waals surface area contributed by atoms with Gasteiger partial charge in [0.05, 0.1) is 0 Å². The summed E-state index contributed by atoms with van der Waals surface area (Å²) < 4.78 is 1.18. The van der Waals surface area contributed by atoms with E-state index in [-0.39, 0.29) is 5.91 Å². The zero-order valence-corrected chi connectivity index (χ0v) is 19.0. The summed E-state index contributed by atoms with van der Waals surface area (Å²) in [5.74, 6) is 1.02. The van der Waals surface area contributed by atoms with Gasteiger partial charge >= 0.3 is 0 Å². The van der Waals surface area contributed by atoms with Gasteiger partial charge in [0.1, 0.15) is 11.5 Å². The number of hydrogen-bond acceptors (Lipinski definition) is 3. The van der Waals surface area contributed by atoms with E-state index in [4.69, 9.17) is 4.98 Å². The van der Waals surface area contributed by atoms with Crippen LogP contribution in [0.25, 0.3) is 10.9 Å². The minimum absolute atomic E-state index is 0.0414. The van der Waals surface area contributed by atoms with Crippen LogP contribution in [-0.4, -0.2) is 35.5 Å². The van der Waals surface area contributed by atoms with Crippen molar-refractivity contribution in [1.29, 1.82) is 0 Å². The molecule has 3 aromatic rings. The van der Waals surface area contributed by atoms with Gasteiger partial charge in [-0.15, -0.1) is 0 Å². The lowest BCUT2D eigenvalue weighted by molar-refractivity contribution is 0.0949. The van der Waals surface area contributed by atoms with E-state index in [1.807, 2.05) is 12.1 Å². The van der Waals surface area contributed by atoms with Crippen molar-refractivity contribution in [3.8, 4) is 0 Å². The van der Waals surface area contributed by atoms with E-state index >= 15 is 0 Å². The quantitative estimate of drug-likeness (QED) is 0.481. The van der Waals surface area contributed by atoms with E-state index in [1.54, 1.807) is 0 Å². The molecule has 0 unspecified atom stereocenters. The van der Waals surface area contributed by atoms with E-state index in [9.17, 15) is 4.79 Å². The van der Waals surface area contributed by atoms with Crippen LogP contribution in [0.3, 0.4) is 0 Å². The van der Waals surface area contributed by atoms with Crippen LogP contribution < -0.4 is 10.2 Å². The van der Waals surface area contributed by atoms with Crippen LogP contribution >= 0.6 is 22.6 Å². The molecule has 4 rings (SSSR count). The Kier molecular flexibility index (Phi) is 6.37. The molecule has 0 bridgehead atoms.